The van der Waals surface area contributed by atoms with Crippen LogP contribution in [0.25, 0.3) is 0 Å². The second kappa shape index (κ2) is 5.97. The Hall–Kier alpha value is -1.75. The van der Waals surface area contributed by atoms with Crippen LogP contribution >= 0.6 is 0 Å². The highest BCUT2D eigenvalue weighted by Crippen LogP contribution is 2.24. The van der Waals surface area contributed by atoms with Crippen LogP contribution in [0.2, 0.25) is 0 Å². The number of aliphatic hydroxyl groups excluding tert-OH is 1. The molecule has 5 nitrogen and oxygen atoms in total. The molecule has 1 aromatic carbocycles. The number of carbonyl (C=O) groups is 1. The predicted molar refractivity (Wildman–Crippen MR) is 58.5 cm³/mol. The minimum atomic E-state index is -0.515. The zero-order valence-corrected chi connectivity index (χ0v) is 9.32. The summed E-state index contributed by atoms with van der Waals surface area (Å²) < 4.78 is 10.2. The first kappa shape index (κ1) is 12.3. The average Bonchev–Trinajstić information content (AvgIpc) is 2.35. The van der Waals surface area contributed by atoms with Gasteiger partial charge in [0.25, 0.3) is 0 Å². The van der Waals surface area contributed by atoms with Gasteiger partial charge in [0.05, 0.1) is 14.2 Å². The van der Waals surface area contributed by atoms with E-state index in [-0.39, 0.29) is 0 Å². The first-order valence-electron chi connectivity index (χ1n) is 4.79. The van der Waals surface area contributed by atoms with Crippen LogP contribution in [0.1, 0.15) is 5.56 Å². The van der Waals surface area contributed by atoms with Gasteiger partial charge < -0.3 is 19.9 Å². The van der Waals surface area contributed by atoms with Crippen molar-refractivity contribution in [3.63, 3.8) is 0 Å². The first-order chi connectivity index (χ1) is 7.71. The third-order valence-electron chi connectivity index (χ3n) is 2.11. The Kier molecular flexibility index (Phi) is 4.60. The number of benzene rings is 1. The van der Waals surface area contributed by atoms with Gasteiger partial charge in [-0.25, -0.2) is 0 Å². The second-order valence-corrected chi connectivity index (χ2v) is 3.11. The van der Waals surface area contributed by atoms with E-state index in [9.17, 15) is 4.79 Å². The molecule has 5 heteroatoms. The van der Waals surface area contributed by atoms with Crippen molar-refractivity contribution in [1.82, 2.24) is 5.32 Å². The van der Waals surface area contributed by atoms with Crippen molar-refractivity contribution in [3.05, 3.63) is 23.8 Å². The molecule has 0 atom stereocenters. The Morgan fingerprint density at radius 3 is 2.69 bits per heavy atom. The average molecular weight is 225 g/mol. The molecule has 0 radical (unpaired) electrons. The Morgan fingerprint density at radius 1 is 1.38 bits per heavy atom. The molecule has 0 fully saturated rings. The van der Waals surface area contributed by atoms with E-state index in [0.717, 1.165) is 5.56 Å². The van der Waals surface area contributed by atoms with Crippen molar-refractivity contribution in [1.29, 1.82) is 0 Å². The van der Waals surface area contributed by atoms with Gasteiger partial charge in [-0.1, -0.05) is 0 Å². The summed E-state index contributed by atoms with van der Waals surface area (Å²) in [6.07, 6.45) is 0. The second-order valence-electron chi connectivity index (χ2n) is 3.11. The summed E-state index contributed by atoms with van der Waals surface area (Å²) in [7, 11) is 3.12. The number of ether oxygens (including phenoxy) is 2. The molecule has 88 valence electrons. The van der Waals surface area contributed by atoms with Crippen LogP contribution in [0.3, 0.4) is 0 Å². The fourth-order valence-electron chi connectivity index (χ4n) is 1.25. The number of nitrogens with one attached hydrogen (secondary N) is 1. The minimum Gasteiger partial charge on any atom is -0.497 e. The van der Waals surface area contributed by atoms with E-state index >= 15 is 0 Å². The third kappa shape index (κ3) is 3.13. The first-order valence-corrected chi connectivity index (χ1v) is 4.79. The highest BCUT2D eigenvalue weighted by Gasteiger charge is 2.06. The Labute approximate surface area is 94.0 Å². The van der Waals surface area contributed by atoms with Crippen molar-refractivity contribution in [2.45, 2.75) is 6.54 Å². The van der Waals surface area contributed by atoms with E-state index in [2.05, 4.69) is 5.32 Å². The quantitative estimate of drug-likeness (QED) is 0.757. The van der Waals surface area contributed by atoms with E-state index in [4.69, 9.17) is 14.6 Å². The lowest BCUT2D eigenvalue weighted by atomic mass is 10.2. The van der Waals surface area contributed by atoms with E-state index in [1.54, 1.807) is 32.4 Å². The molecular formula is C11H15NO4. The van der Waals surface area contributed by atoms with Crippen LogP contribution in [-0.4, -0.2) is 31.8 Å². The third-order valence-corrected chi connectivity index (χ3v) is 2.11. The summed E-state index contributed by atoms with van der Waals surface area (Å²) in [5.74, 6) is 0.907. The molecule has 1 aromatic rings. The zero-order chi connectivity index (χ0) is 12.0. The van der Waals surface area contributed by atoms with Crippen molar-refractivity contribution in [3.8, 4) is 11.5 Å². The van der Waals surface area contributed by atoms with Gasteiger partial charge >= 0.3 is 0 Å². The highest BCUT2D eigenvalue weighted by molar-refractivity contribution is 5.76. The van der Waals surface area contributed by atoms with Gasteiger partial charge in [-0.05, 0) is 12.1 Å². The summed E-state index contributed by atoms with van der Waals surface area (Å²) in [6.45, 7) is -0.203. The summed E-state index contributed by atoms with van der Waals surface area (Å²) in [6, 6.07) is 5.32. The maximum atomic E-state index is 10.9. The molecule has 0 saturated heterocycles. The SMILES string of the molecule is COc1ccc(CNC(=O)CO)c(OC)c1. The monoisotopic (exact) mass is 225 g/mol. The molecule has 0 aliphatic heterocycles. The molecule has 16 heavy (non-hydrogen) atoms. The van der Waals surface area contributed by atoms with E-state index in [1.807, 2.05) is 0 Å². The van der Waals surface area contributed by atoms with Crippen LogP contribution in [0.15, 0.2) is 18.2 Å². The van der Waals surface area contributed by atoms with Crippen molar-refractivity contribution < 1.29 is 19.4 Å². The van der Waals surface area contributed by atoms with Gasteiger partial charge in [-0.3, -0.25) is 4.79 Å². The standard InChI is InChI=1S/C11H15NO4/c1-15-9-4-3-8(10(5-9)16-2)6-12-11(14)7-13/h3-5,13H,6-7H2,1-2H3,(H,12,14). The molecule has 0 aliphatic carbocycles. The fourth-order valence-corrected chi connectivity index (χ4v) is 1.25. The summed E-state index contributed by atoms with van der Waals surface area (Å²) in [5, 5.41) is 11.1. The fraction of sp³-hybridized carbons (Fsp3) is 0.364. The Balaban J connectivity index is 2.75. The van der Waals surface area contributed by atoms with E-state index in [0.29, 0.717) is 18.0 Å². The van der Waals surface area contributed by atoms with Crippen LogP contribution in [-0.2, 0) is 11.3 Å². The minimum absolute atomic E-state index is 0.312. The molecule has 0 unspecified atom stereocenters. The summed E-state index contributed by atoms with van der Waals surface area (Å²) >= 11 is 0. The van der Waals surface area contributed by atoms with Crippen molar-refractivity contribution >= 4 is 5.91 Å². The molecule has 1 rings (SSSR count). The Morgan fingerprint density at radius 2 is 2.12 bits per heavy atom. The maximum absolute atomic E-state index is 10.9. The molecule has 0 aromatic heterocycles. The molecule has 2 N–H and O–H groups in total. The van der Waals surface area contributed by atoms with Crippen LogP contribution in [0, 0.1) is 0 Å². The number of carbonyl (C=O) groups excluding carboxylic acids is 1. The molecule has 0 spiro atoms. The molecular weight excluding hydrogens is 210 g/mol. The van der Waals surface area contributed by atoms with E-state index in [1.165, 1.54) is 0 Å². The van der Waals surface area contributed by atoms with Crippen molar-refractivity contribution in [2.75, 3.05) is 20.8 Å². The largest absolute Gasteiger partial charge is 0.497 e. The van der Waals surface area contributed by atoms with Crippen LogP contribution in [0.5, 0.6) is 11.5 Å². The summed E-state index contributed by atoms with van der Waals surface area (Å²) in [4.78, 5) is 10.9. The highest BCUT2D eigenvalue weighted by atomic mass is 16.5. The van der Waals surface area contributed by atoms with Gasteiger partial charge in [0, 0.05) is 18.2 Å². The maximum Gasteiger partial charge on any atom is 0.245 e. The normalized spacial score (nSPS) is 9.69. The predicted octanol–water partition coefficient (Wildman–Crippen LogP) is 0.312. The number of rotatable bonds is 5. The van der Waals surface area contributed by atoms with E-state index < -0.39 is 12.5 Å². The number of hydrogen-bond acceptors (Lipinski definition) is 4. The van der Waals surface area contributed by atoms with Crippen LogP contribution < -0.4 is 14.8 Å². The number of amides is 1. The van der Waals surface area contributed by atoms with Crippen LogP contribution in [0.4, 0.5) is 0 Å². The topological polar surface area (TPSA) is 67.8 Å². The number of methoxy groups -OCH3 is 2. The lowest BCUT2D eigenvalue weighted by molar-refractivity contribution is -0.123. The Bertz CT molecular complexity index is 365. The molecule has 0 saturated carbocycles. The molecule has 0 bridgehead atoms. The lowest BCUT2D eigenvalue weighted by Gasteiger charge is -2.10. The van der Waals surface area contributed by atoms with Gasteiger partial charge in [0.1, 0.15) is 18.1 Å². The number of aliphatic hydroxyl groups is 1. The van der Waals surface area contributed by atoms with Gasteiger partial charge in [0.15, 0.2) is 0 Å². The molecule has 1 amide bonds. The zero-order valence-electron chi connectivity index (χ0n) is 9.32. The smallest absolute Gasteiger partial charge is 0.245 e. The molecule has 0 aliphatic rings. The van der Waals surface area contributed by atoms with Gasteiger partial charge in [-0.15, -0.1) is 0 Å². The van der Waals surface area contributed by atoms with Gasteiger partial charge in [-0.2, -0.15) is 0 Å². The summed E-state index contributed by atoms with van der Waals surface area (Å²) in [5.41, 5.74) is 0.824. The molecule has 0 heterocycles. The van der Waals surface area contributed by atoms with Gasteiger partial charge in [0.2, 0.25) is 5.91 Å². The lowest BCUT2D eigenvalue weighted by Crippen LogP contribution is -2.25. The van der Waals surface area contributed by atoms with Crippen molar-refractivity contribution in [2.24, 2.45) is 0 Å². The number of hydrogen-bond donors (Lipinski definition) is 2.